The Hall–Kier alpha value is -2.30. The van der Waals surface area contributed by atoms with Gasteiger partial charge in [0.05, 0.1) is 11.0 Å². The average Bonchev–Trinajstić information content (AvgIpc) is 2.63. The van der Waals surface area contributed by atoms with E-state index in [1.165, 1.54) is 6.08 Å². The number of imidazole rings is 1. The lowest BCUT2D eigenvalue weighted by Crippen LogP contribution is -2.31. The van der Waals surface area contributed by atoms with Crippen LogP contribution in [0.5, 0.6) is 0 Å². The van der Waals surface area contributed by atoms with Gasteiger partial charge in [-0.1, -0.05) is 6.58 Å². The minimum absolute atomic E-state index is 0.158. The van der Waals surface area contributed by atoms with E-state index in [1.807, 2.05) is 20.8 Å². The number of carbonyl (C=O) groups is 1. The van der Waals surface area contributed by atoms with Crippen LogP contribution in [0.4, 0.5) is 5.69 Å². The maximum Gasteiger partial charge on any atom is 0.326 e. The molecule has 100 valence electrons. The first-order valence-corrected chi connectivity index (χ1v) is 6.01. The molecule has 2 aromatic rings. The summed E-state index contributed by atoms with van der Waals surface area (Å²) in [5, 5.41) is 2.69. The molecule has 1 heterocycles. The van der Waals surface area contributed by atoms with Gasteiger partial charge in [-0.05, 0) is 45.0 Å². The molecule has 0 aliphatic carbocycles. The molecule has 1 aromatic heterocycles. The van der Waals surface area contributed by atoms with Crippen LogP contribution in [0.3, 0.4) is 0 Å². The Labute approximate surface area is 110 Å². The van der Waals surface area contributed by atoms with Gasteiger partial charge in [0.25, 0.3) is 0 Å². The summed E-state index contributed by atoms with van der Waals surface area (Å²) >= 11 is 0. The summed E-state index contributed by atoms with van der Waals surface area (Å²) in [6, 6.07) is 5.30. The zero-order valence-corrected chi connectivity index (χ0v) is 11.3. The monoisotopic (exact) mass is 259 g/mol. The van der Waals surface area contributed by atoms with Gasteiger partial charge in [-0.25, -0.2) is 4.79 Å². The Morgan fingerprint density at radius 1 is 1.42 bits per heavy atom. The molecular formula is C14H17N3O2. The van der Waals surface area contributed by atoms with Gasteiger partial charge in [-0.2, -0.15) is 0 Å². The molecule has 2 rings (SSSR count). The molecule has 1 aromatic carbocycles. The molecule has 0 saturated carbocycles. The summed E-state index contributed by atoms with van der Waals surface area (Å²) < 4.78 is 1.67. The predicted molar refractivity (Wildman–Crippen MR) is 76.4 cm³/mol. The fourth-order valence-electron chi connectivity index (χ4n) is 2.04. The summed E-state index contributed by atoms with van der Waals surface area (Å²) in [7, 11) is 0. The molecule has 0 atom stereocenters. The maximum absolute atomic E-state index is 12.0. The lowest BCUT2D eigenvalue weighted by molar-refractivity contribution is -0.111. The fourth-order valence-corrected chi connectivity index (χ4v) is 2.04. The number of hydrogen-bond donors (Lipinski definition) is 2. The van der Waals surface area contributed by atoms with Crippen LogP contribution in [0, 0.1) is 0 Å². The third kappa shape index (κ3) is 2.45. The van der Waals surface area contributed by atoms with Crippen LogP contribution < -0.4 is 11.0 Å². The number of anilines is 1. The summed E-state index contributed by atoms with van der Waals surface area (Å²) in [4.78, 5) is 26.1. The first-order valence-electron chi connectivity index (χ1n) is 6.01. The van der Waals surface area contributed by atoms with Gasteiger partial charge in [0.2, 0.25) is 5.91 Å². The lowest BCUT2D eigenvalue weighted by atomic mass is 10.1. The molecule has 5 heteroatoms. The van der Waals surface area contributed by atoms with Gasteiger partial charge in [-0.3, -0.25) is 9.36 Å². The quantitative estimate of drug-likeness (QED) is 0.812. The first kappa shape index (κ1) is 13.1. The summed E-state index contributed by atoms with van der Waals surface area (Å²) in [5.74, 6) is -0.278. The van der Waals surface area contributed by atoms with Crippen molar-refractivity contribution in [2.75, 3.05) is 5.32 Å². The summed E-state index contributed by atoms with van der Waals surface area (Å²) in [6.07, 6.45) is 1.21. The minimum Gasteiger partial charge on any atom is -0.322 e. The first-order chi connectivity index (χ1) is 8.82. The van der Waals surface area contributed by atoms with Gasteiger partial charge >= 0.3 is 5.69 Å². The normalized spacial score (nSPS) is 11.5. The van der Waals surface area contributed by atoms with E-state index in [4.69, 9.17) is 0 Å². The minimum atomic E-state index is -0.337. The molecule has 0 saturated heterocycles. The van der Waals surface area contributed by atoms with Crippen molar-refractivity contribution in [3.63, 3.8) is 0 Å². The number of carbonyl (C=O) groups excluding carboxylic acids is 1. The van der Waals surface area contributed by atoms with Crippen molar-refractivity contribution < 1.29 is 4.79 Å². The van der Waals surface area contributed by atoms with Gasteiger partial charge < -0.3 is 10.3 Å². The smallest absolute Gasteiger partial charge is 0.322 e. The second-order valence-corrected chi connectivity index (χ2v) is 5.36. The topological polar surface area (TPSA) is 66.9 Å². The molecule has 0 aliphatic rings. The molecule has 0 aliphatic heterocycles. The SMILES string of the molecule is C=CC(=O)Nc1ccc2[nH]c(=O)n(C(C)(C)C)c2c1. The third-order valence-electron chi connectivity index (χ3n) is 2.81. The van der Waals surface area contributed by atoms with E-state index >= 15 is 0 Å². The number of amides is 1. The van der Waals surface area contributed by atoms with Crippen molar-refractivity contribution in [2.24, 2.45) is 0 Å². The number of H-pyrrole nitrogens is 1. The molecule has 5 nitrogen and oxygen atoms in total. The second-order valence-electron chi connectivity index (χ2n) is 5.36. The van der Waals surface area contributed by atoms with E-state index in [0.717, 1.165) is 11.0 Å². The van der Waals surface area contributed by atoms with Crippen LogP contribution >= 0.6 is 0 Å². The van der Waals surface area contributed by atoms with Gasteiger partial charge in [0.15, 0.2) is 0 Å². The summed E-state index contributed by atoms with van der Waals surface area (Å²) in [5.41, 5.74) is 1.65. The number of benzene rings is 1. The van der Waals surface area contributed by atoms with Crippen LogP contribution in [0.1, 0.15) is 20.8 Å². The standard InChI is InChI=1S/C14H17N3O2/c1-5-12(18)15-9-6-7-10-11(8-9)17(13(19)16-10)14(2,3)4/h5-8H,1H2,2-4H3,(H,15,18)(H,16,19). The predicted octanol–water partition coefficient (Wildman–Crippen LogP) is 2.21. The van der Waals surface area contributed by atoms with Crippen LogP contribution in [-0.2, 0) is 10.3 Å². The van der Waals surface area contributed by atoms with E-state index in [-0.39, 0.29) is 17.1 Å². The third-order valence-corrected chi connectivity index (χ3v) is 2.81. The van der Waals surface area contributed by atoms with E-state index in [0.29, 0.717) is 5.69 Å². The highest BCUT2D eigenvalue weighted by atomic mass is 16.2. The van der Waals surface area contributed by atoms with Crippen molar-refractivity contribution in [3.05, 3.63) is 41.3 Å². The Kier molecular flexibility index (Phi) is 3.06. The van der Waals surface area contributed by atoms with E-state index in [1.54, 1.807) is 22.8 Å². The average molecular weight is 259 g/mol. The molecule has 1 amide bonds. The van der Waals surface area contributed by atoms with Gasteiger partial charge in [-0.15, -0.1) is 0 Å². The van der Waals surface area contributed by atoms with Gasteiger partial charge in [0.1, 0.15) is 0 Å². The van der Waals surface area contributed by atoms with Crippen molar-refractivity contribution in [1.29, 1.82) is 0 Å². The second kappa shape index (κ2) is 4.42. The van der Waals surface area contributed by atoms with E-state index in [2.05, 4.69) is 16.9 Å². The van der Waals surface area contributed by atoms with E-state index < -0.39 is 0 Å². The van der Waals surface area contributed by atoms with E-state index in [9.17, 15) is 9.59 Å². The molecule has 0 fully saturated rings. The Morgan fingerprint density at radius 2 is 2.11 bits per heavy atom. The molecular weight excluding hydrogens is 242 g/mol. The maximum atomic E-state index is 12.0. The number of nitrogens with zero attached hydrogens (tertiary/aromatic N) is 1. The number of aromatic amines is 1. The highest BCUT2D eigenvalue weighted by Crippen LogP contribution is 2.22. The van der Waals surface area contributed by atoms with Crippen molar-refractivity contribution in [1.82, 2.24) is 9.55 Å². The van der Waals surface area contributed by atoms with Crippen molar-refractivity contribution in [3.8, 4) is 0 Å². The number of aromatic nitrogens is 2. The summed E-state index contributed by atoms with van der Waals surface area (Å²) in [6.45, 7) is 9.27. The van der Waals surface area contributed by atoms with Crippen LogP contribution in [0.2, 0.25) is 0 Å². The molecule has 0 spiro atoms. The zero-order chi connectivity index (χ0) is 14.2. The van der Waals surface area contributed by atoms with Crippen LogP contribution in [0.25, 0.3) is 11.0 Å². The fraction of sp³-hybridized carbons (Fsp3) is 0.286. The van der Waals surface area contributed by atoms with Crippen molar-refractivity contribution >= 4 is 22.6 Å². The molecule has 0 radical (unpaired) electrons. The van der Waals surface area contributed by atoms with Crippen LogP contribution in [0.15, 0.2) is 35.6 Å². The van der Waals surface area contributed by atoms with Crippen LogP contribution in [-0.4, -0.2) is 15.5 Å². The van der Waals surface area contributed by atoms with Crippen molar-refractivity contribution in [2.45, 2.75) is 26.3 Å². The molecule has 19 heavy (non-hydrogen) atoms. The zero-order valence-electron chi connectivity index (χ0n) is 11.3. The number of nitrogens with one attached hydrogen (secondary N) is 2. The Morgan fingerprint density at radius 3 is 2.68 bits per heavy atom. The van der Waals surface area contributed by atoms with Gasteiger partial charge in [0, 0.05) is 11.2 Å². The molecule has 0 bridgehead atoms. The number of rotatable bonds is 2. The largest absolute Gasteiger partial charge is 0.326 e. The highest BCUT2D eigenvalue weighted by molar-refractivity contribution is 6.00. The highest BCUT2D eigenvalue weighted by Gasteiger charge is 2.19. The molecule has 2 N–H and O–H groups in total. The Bertz CT molecular complexity index is 702. The lowest BCUT2D eigenvalue weighted by Gasteiger charge is -2.20. The Balaban J connectivity index is 2.61. The molecule has 0 unspecified atom stereocenters. The number of hydrogen-bond acceptors (Lipinski definition) is 2. The number of fused-ring (bicyclic) bond motifs is 1.